The minimum atomic E-state index is -0.0912. The van der Waals surface area contributed by atoms with Crippen molar-refractivity contribution in [2.24, 2.45) is 0 Å². The molecule has 1 aromatic carbocycles. The smallest absolute Gasteiger partial charge is 0.317 e. The van der Waals surface area contributed by atoms with E-state index < -0.39 is 0 Å². The topological polar surface area (TPSA) is 99.9 Å². The Labute approximate surface area is 193 Å². The number of nitrogens with zero attached hydrogens (tertiary/aromatic N) is 3. The molecule has 3 heterocycles. The van der Waals surface area contributed by atoms with Crippen LogP contribution in [-0.4, -0.2) is 71.8 Å². The number of aromatic nitrogens is 1. The Morgan fingerprint density at radius 2 is 2.03 bits per heavy atom. The predicted molar refractivity (Wildman–Crippen MR) is 123 cm³/mol. The van der Waals surface area contributed by atoms with E-state index in [2.05, 4.69) is 20.7 Å². The van der Waals surface area contributed by atoms with Crippen LogP contribution in [0.25, 0.3) is 11.1 Å². The van der Waals surface area contributed by atoms with E-state index in [-0.39, 0.29) is 30.6 Å². The van der Waals surface area contributed by atoms with Crippen molar-refractivity contribution in [1.82, 2.24) is 20.3 Å². The molecule has 1 aliphatic carbocycles. The predicted octanol–water partition coefficient (Wildman–Crippen LogP) is 2.93. The number of rotatable bonds is 2. The van der Waals surface area contributed by atoms with E-state index in [4.69, 9.17) is 9.26 Å². The van der Waals surface area contributed by atoms with Crippen LogP contribution < -0.4 is 15.4 Å². The number of carbonyl (C=O) groups is 2. The fourth-order valence-corrected chi connectivity index (χ4v) is 5.14. The molecule has 0 bridgehead atoms. The van der Waals surface area contributed by atoms with Crippen molar-refractivity contribution in [2.45, 2.75) is 51.6 Å². The lowest BCUT2D eigenvalue weighted by atomic mass is 10.0. The van der Waals surface area contributed by atoms with Gasteiger partial charge in [0, 0.05) is 31.2 Å². The van der Waals surface area contributed by atoms with Gasteiger partial charge in [0.05, 0.1) is 24.0 Å². The van der Waals surface area contributed by atoms with Gasteiger partial charge in [-0.2, -0.15) is 0 Å². The summed E-state index contributed by atoms with van der Waals surface area (Å²) in [5.74, 6) is 1.26. The van der Waals surface area contributed by atoms with Crippen LogP contribution in [0.2, 0.25) is 0 Å². The lowest BCUT2D eigenvalue weighted by molar-refractivity contribution is -0.118. The summed E-state index contributed by atoms with van der Waals surface area (Å²) in [5.41, 5.74) is 3.28. The molecule has 2 N–H and O–H groups in total. The summed E-state index contributed by atoms with van der Waals surface area (Å²) >= 11 is 0. The number of carbonyl (C=O) groups excluding carboxylic acids is 2. The van der Waals surface area contributed by atoms with Crippen LogP contribution in [0.4, 0.5) is 10.5 Å². The van der Waals surface area contributed by atoms with E-state index in [1.165, 1.54) is 12.8 Å². The third-order valence-corrected chi connectivity index (χ3v) is 6.93. The number of hydrogen-bond acceptors (Lipinski definition) is 6. The second kappa shape index (κ2) is 9.05. The van der Waals surface area contributed by atoms with E-state index in [1.54, 1.807) is 0 Å². The highest BCUT2D eigenvalue weighted by atomic mass is 16.5. The Morgan fingerprint density at radius 1 is 1.21 bits per heavy atom. The summed E-state index contributed by atoms with van der Waals surface area (Å²) in [6.07, 6.45) is 4.49. The lowest BCUT2D eigenvalue weighted by Crippen LogP contribution is -2.60. The van der Waals surface area contributed by atoms with Gasteiger partial charge >= 0.3 is 6.03 Å². The van der Waals surface area contributed by atoms with Crippen LogP contribution in [0.3, 0.4) is 0 Å². The Bertz CT molecular complexity index is 1030. The van der Waals surface area contributed by atoms with Crippen LogP contribution in [0.1, 0.15) is 37.1 Å². The van der Waals surface area contributed by atoms with Gasteiger partial charge in [0.25, 0.3) is 0 Å². The number of anilines is 1. The third-order valence-electron chi connectivity index (χ3n) is 6.93. The Kier molecular flexibility index (Phi) is 5.97. The zero-order valence-corrected chi connectivity index (χ0v) is 19.2. The number of fused-ring (bicyclic) bond motifs is 2. The van der Waals surface area contributed by atoms with Crippen LogP contribution >= 0.6 is 0 Å². The Morgan fingerprint density at radius 3 is 2.79 bits per heavy atom. The van der Waals surface area contributed by atoms with Crippen molar-refractivity contribution >= 4 is 17.6 Å². The number of urea groups is 1. The van der Waals surface area contributed by atoms with Gasteiger partial charge in [0.2, 0.25) is 5.91 Å². The molecule has 2 fully saturated rings. The Balaban J connectivity index is 1.32. The fraction of sp³-hybridized carbons (Fsp3) is 0.542. The molecular weight excluding hydrogens is 422 g/mol. The van der Waals surface area contributed by atoms with E-state index in [1.807, 2.05) is 36.9 Å². The van der Waals surface area contributed by atoms with E-state index in [0.717, 1.165) is 35.4 Å². The SMILES string of the molecule is Cc1noc(C)c1-c1ccc2c(c1)NC(=O)CN1CCN(C(=O)NC3CCCC3)C[C@@H]1CO2. The maximum Gasteiger partial charge on any atom is 0.317 e. The van der Waals surface area contributed by atoms with Crippen LogP contribution in [0, 0.1) is 13.8 Å². The van der Waals surface area contributed by atoms with Gasteiger partial charge in [0.15, 0.2) is 0 Å². The first-order valence-corrected chi connectivity index (χ1v) is 11.8. The standard InChI is InChI=1S/C24H31N5O4/c1-15-23(16(2)33-27-15)17-7-8-21-20(11-17)26-22(30)13-28-9-10-29(12-19(28)14-32-21)24(31)25-18-5-3-4-6-18/h7-8,11,18-19H,3-6,9-10,12-14H2,1-2H3,(H,25,31)(H,26,30)/t19-/m1/s1. The highest BCUT2D eigenvalue weighted by Crippen LogP contribution is 2.34. The molecule has 9 nitrogen and oxygen atoms in total. The molecule has 9 heteroatoms. The van der Waals surface area contributed by atoms with Gasteiger partial charge in [-0.3, -0.25) is 9.69 Å². The molecular formula is C24H31N5O4. The third kappa shape index (κ3) is 4.55. The highest BCUT2D eigenvalue weighted by Gasteiger charge is 2.33. The average Bonchev–Trinajstić information content (AvgIpc) is 3.43. The molecule has 0 unspecified atom stereocenters. The van der Waals surface area contributed by atoms with Gasteiger partial charge in [-0.05, 0) is 44.4 Å². The molecule has 0 spiro atoms. The van der Waals surface area contributed by atoms with Crippen molar-refractivity contribution in [3.63, 3.8) is 0 Å². The van der Waals surface area contributed by atoms with Gasteiger partial charge in [0.1, 0.15) is 18.1 Å². The fourth-order valence-electron chi connectivity index (χ4n) is 5.14. The van der Waals surface area contributed by atoms with E-state index in [0.29, 0.717) is 37.7 Å². The summed E-state index contributed by atoms with van der Waals surface area (Å²) in [4.78, 5) is 29.6. The minimum Gasteiger partial charge on any atom is -0.490 e. The molecule has 3 amide bonds. The van der Waals surface area contributed by atoms with Crippen molar-refractivity contribution in [2.75, 3.05) is 38.1 Å². The zero-order valence-electron chi connectivity index (χ0n) is 19.2. The summed E-state index contributed by atoms with van der Waals surface area (Å²) in [6, 6.07) is 5.97. The molecule has 33 heavy (non-hydrogen) atoms. The Hall–Kier alpha value is -3.07. The maximum atomic E-state index is 12.9. The summed E-state index contributed by atoms with van der Waals surface area (Å²) < 4.78 is 11.5. The monoisotopic (exact) mass is 453 g/mol. The number of piperazine rings is 1. The first-order valence-electron chi connectivity index (χ1n) is 11.8. The first kappa shape index (κ1) is 21.8. The minimum absolute atomic E-state index is 0.00428. The van der Waals surface area contributed by atoms with Crippen LogP contribution in [0.5, 0.6) is 5.75 Å². The van der Waals surface area contributed by atoms with Crippen molar-refractivity contribution < 1.29 is 18.8 Å². The van der Waals surface area contributed by atoms with Gasteiger partial charge in [-0.15, -0.1) is 0 Å². The molecule has 5 rings (SSSR count). The molecule has 1 saturated heterocycles. The van der Waals surface area contributed by atoms with Gasteiger partial charge in [-0.1, -0.05) is 24.1 Å². The summed E-state index contributed by atoms with van der Waals surface area (Å²) in [5, 5.41) is 10.2. The zero-order chi connectivity index (χ0) is 22.9. The summed E-state index contributed by atoms with van der Waals surface area (Å²) in [6.45, 7) is 6.22. The molecule has 2 aliphatic heterocycles. The van der Waals surface area contributed by atoms with E-state index in [9.17, 15) is 9.59 Å². The largest absolute Gasteiger partial charge is 0.490 e. The number of ether oxygens (including phenoxy) is 1. The normalized spacial score (nSPS) is 21.8. The summed E-state index contributed by atoms with van der Waals surface area (Å²) in [7, 11) is 0. The van der Waals surface area contributed by atoms with Gasteiger partial charge in [-0.25, -0.2) is 4.79 Å². The first-order chi connectivity index (χ1) is 16.0. The average molecular weight is 454 g/mol. The molecule has 1 aromatic heterocycles. The van der Waals surface area contributed by atoms with Crippen molar-refractivity contribution in [3.05, 3.63) is 29.7 Å². The number of benzene rings is 1. The number of aryl methyl sites for hydroxylation is 2. The quantitative estimate of drug-likeness (QED) is 0.725. The number of nitrogens with one attached hydrogen (secondary N) is 2. The highest BCUT2D eigenvalue weighted by molar-refractivity contribution is 5.95. The second-order valence-electron chi connectivity index (χ2n) is 9.27. The second-order valence-corrected chi connectivity index (χ2v) is 9.27. The number of amides is 3. The van der Waals surface area contributed by atoms with E-state index >= 15 is 0 Å². The van der Waals surface area contributed by atoms with Crippen molar-refractivity contribution in [3.8, 4) is 16.9 Å². The molecule has 2 aromatic rings. The maximum absolute atomic E-state index is 12.9. The molecule has 1 atom stereocenters. The van der Waals surface area contributed by atoms with Crippen molar-refractivity contribution in [1.29, 1.82) is 0 Å². The molecule has 1 saturated carbocycles. The lowest BCUT2D eigenvalue weighted by Gasteiger charge is -2.40. The number of hydrogen-bond donors (Lipinski definition) is 2. The van der Waals surface area contributed by atoms with Gasteiger partial charge < -0.3 is 24.8 Å². The molecule has 0 radical (unpaired) electrons. The molecule has 176 valence electrons. The van der Waals surface area contributed by atoms with Crippen LogP contribution in [-0.2, 0) is 4.79 Å². The van der Waals surface area contributed by atoms with Crippen LogP contribution in [0.15, 0.2) is 22.7 Å². The molecule has 3 aliphatic rings.